The lowest BCUT2D eigenvalue weighted by atomic mass is 9.68. The van der Waals surface area contributed by atoms with Gasteiger partial charge in [-0.15, -0.1) is 0 Å². The standard InChI is InChI=1S/C50H75NO13/c1-28-14-11-10-12-15-29(2)40(60-7)26-35-19-17-33(6)50(59,64-35)47(56)48(57)51-21-13-16-36-37(24-34-18-20-38(52)42(25-34)61-8)41(63-49(58)43(36)51)27-39(53)30(3)23-32(5)45(55)46(62-9)44(54)31(4)22-28/h10-12,14-15,23,28,30-31,33-38,40-43,45-46,52,55,59H,13,16-22,24-27H2,1-9H3/b12-10+,14-11+,29-15+,32-23+/t28-,30?,31-,33-,34+,35?,36-,37?,38?,40?,41+,42-,43+,45-,46+,50-/m1/s1. The maximum Gasteiger partial charge on any atom is 0.329 e. The number of piperidine rings is 1. The van der Waals surface area contributed by atoms with E-state index in [4.69, 9.17) is 23.7 Å². The van der Waals surface area contributed by atoms with Crippen LogP contribution in [-0.2, 0) is 47.7 Å². The van der Waals surface area contributed by atoms with E-state index < -0.39 is 95.7 Å². The number of ether oxygens (including phenoxy) is 5. The molecule has 0 aromatic heterocycles. The van der Waals surface area contributed by atoms with Crippen LogP contribution in [0.5, 0.6) is 0 Å². The van der Waals surface area contributed by atoms with Gasteiger partial charge in [-0.2, -0.15) is 0 Å². The van der Waals surface area contributed by atoms with Crippen LogP contribution in [0.1, 0.15) is 112 Å². The molecule has 1 amide bonds. The predicted octanol–water partition coefficient (Wildman–Crippen LogP) is 5.40. The van der Waals surface area contributed by atoms with Gasteiger partial charge in [0.05, 0.1) is 24.4 Å². The Labute approximate surface area is 379 Å². The number of methoxy groups -OCH3 is 3. The van der Waals surface area contributed by atoms with Crippen molar-refractivity contribution in [2.75, 3.05) is 27.9 Å². The second-order valence-corrected chi connectivity index (χ2v) is 19.5. The molecule has 4 heterocycles. The fourth-order valence-corrected chi connectivity index (χ4v) is 10.9. The van der Waals surface area contributed by atoms with E-state index in [1.165, 1.54) is 12.0 Å². The molecule has 3 saturated heterocycles. The molecular formula is C50H75NO13. The van der Waals surface area contributed by atoms with E-state index >= 15 is 0 Å². The maximum atomic E-state index is 14.4. The summed E-state index contributed by atoms with van der Waals surface area (Å²) in [6, 6.07) is -1.12. The molecule has 1 aliphatic carbocycles. The summed E-state index contributed by atoms with van der Waals surface area (Å²) in [6.07, 6.45) is 10.8. The normalized spacial score (nSPS) is 43.2. The van der Waals surface area contributed by atoms with Crippen LogP contribution >= 0.6 is 0 Å². The first-order valence-electron chi connectivity index (χ1n) is 23.5. The maximum absolute atomic E-state index is 14.4. The van der Waals surface area contributed by atoms with Crippen molar-refractivity contribution < 1.29 is 63.0 Å². The number of carbonyl (C=O) groups excluding carboxylic acids is 5. The Morgan fingerprint density at radius 1 is 0.844 bits per heavy atom. The molecule has 3 N–H and O–H groups in total. The number of aliphatic hydroxyl groups is 3. The number of amides is 1. The Morgan fingerprint density at radius 3 is 2.27 bits per heavy atom. The summed E-state index contributed by atoms with van der Waals surface area (Å²) in [6.45, 7) is 10.9. The van der Waals surface area contributed by atoms with Crippen molar-refractivity contribution in [2.24, 2.45) is 41.4 Å². The summed E-state index contributed by atoms with van der Waals surface area (Å²) in [7, 11) is 4.52. The van der Waals surface area contributed by atoms with Gasteiger partial charge in [0.25, 0.3) is 11.7 Å². The van der Waals surface area contributed by atoms with Crippen LogP contribution < -0.4 is 0 Å². The van der Waals surface area contributed by atoms with Gasteiger partial charge in [-0.1, -0.05) is 64.2 Å². The smallest absolute Gasteiger partial charge is 0.329 e. The molecule has 0 spiro atoms. The summed E-state index contributed by atoms with van der Waals surface area (Å²) in [5.41, 5.74) is 1.28. The first-order valence-corrected chi connectivity index (χ1v) is 23.5. The van der Waals surface area contributed by atoms with Crippen molar-refractivity contribution in [3.63, 3.8) is 0 Å². The van der Waals surface area contributed by atoms with Crippen molar-refractivity contribution in [3.05, 3.63) is 47.6 Å². The molecular weight excluding hydrogens is 823 g/mol. The number of hydrogen-bond donors (Lipinski definition) is 3. The Morgan fingerprint density at radius 2 is 1.58 bits per heavy atom. The van der Waals surface area contributed by atoms with Gasteiger partial charge >= 0.3 is 5.97 Å². The topological polar surface area (TPSA) is 195 Å². The van der Waals surface area contributed by atoms with E-state index in [1.807, 2.05) is 51.2 Å². The molecule has 64 heavy (non-hydrogen) atoms. The van der Waals surface area contributed by atoms with Crippen LogP contribution in [0.3, 0.4) is 0 Å². The first kappa shape index (κ1) is 51.6. The third-order valence-corrected chi connectivity index (χ3v) is 14.9. The minimum atomic E-state index is -2.43. The number of esters is 1. The Hall–Kier alpha value is -3.37. The largest absolute Gasteiger partial charge is 0.460 e. The minimum Gasteiger partial charge on any atom is -0.460 e. The second-order valence-electron chi connectivity index (χ2n) is 19.5. The van der Waals surface area contributed by atoms with E-state index in [9.17, 15) is 39.3 Å². The highest BCUT2D eigenvalue weighted by Gasteiger charge is 2.57. The van der Waals surface area contributed by atoms with E-state index in [2.05, 4.69) is 0 Å². The number of allylic oxidation sites excluding steroid dienone is 6. The van der Waals surface area contributed by atoms with Crippen LogP contribution in [-0.4, -0.2) is 132 Å². The van der Waals surface area contributed by atoms with E-state index in [-0.39, 0.29) is 42.5 Å². The van der Waals surface area contributed by atoms with Crippen molar-refractivity contribution >= 4 is 29.2 Å². The quantitative estimate of drug-likeness (QED) is 0.181. The van der Waals surface area contributed by atoms with Crippen LogP contribution in [0.15, 0.2) is 47.6 Å². The van der Waals surface area contributed by atoms with Crippen LogP contribution in [0.25, 0.3) is 0 Å². The molecule has 5 rings (SSSR count). The van der Waals surface area contributed by atoms with E-state index in [0.717, 1.165) is 5.57 Å². The molecule has 4 aliphatic heterocycles. The van der Waals surface area contributed by atoms with Gasteiger partial charge in [-0.25, -0.2) is 4.79 Å². The molecule has 358 valence electrons. The van der Waals surface area contributed by atoms with Crippen molar-refractivity contribution in [2.45, 2.75) is 167 Å². The summed E-state index contributed by atoms with van der Waals surface area (Å²) >= 11 is 0. The highest BCUT2D eigenvalue weighted by molar-refractivity contribution is 6.39. The number of Topliss-reactive ketones (excluding diaryl/α,β-unsaturated/α-hetero) is 3. The van der Waals surface area contributed by atoms with Gasteiger partial charge in [0.1, 0.15) is 30.1 Å². The van der Waals surface area contributed by atoms with Gasteiger partial charge in [0.15, 0.2) is 5.78 Å². The molecule has 0 aromatic carbocycles. The number of rotatable bonds is 5. The molecule has 4 fully saturated rings. The molecule has 14 heteroatoms. The van der Waals surface area contributed by atoms with Crippen molar-refractivity contribution in [1.29, 1.82) is 0 Å². The first-order chi connectivity index (χ1) is 30.3. The molecule has 0 radical (unpaired) electrons. The Bertz CT molecular complexity index is 1790. The third-order valence-electron chi connectivity index (χ3n) is 14.9. The van der Waals surface area contributed by atoms with Gasteiger partial charge in [-0.05, 0) is 101 Å². The van der Waals surface area contributed by atoms with Crippen LogP contribution in [0.2, 0.25) is 0 Å². The van der Waals surface area contributed by atoms with Gasteiger partial charge in [-0.3, -0.25) is 19.2 Å². The van der Waals surface area contributed by atoms with Crippen molar-refractivity contribution in [3.8, 4) is 0 Å². The summed E-state index contributed by atoms with van der Waals surface area (Å²) in [4.78, 5) is 72.0. The number of aliphatic hydroxyl groups excluding tert-OH is 2. The van der Waals surface area contributed by atoms with Crippen LogP contribution in [0.4, 0.5) is 0 Å². The monoisotopic (exact) mass is 898 g/mol. The number of fused-ring (bicyclic) bond motifs is 4. The summed E-state index contributed by atoms with van der Waals surface area (Å²) in [5, 5.41) is 34.1. The van der Waals surface area contributed by atoms with Gasteiger partial charge in [0, 0.05) is 64.4 Å². The predicted molar refractivity (Wildman–Crippen MR) is 238 cm³/mol. The summed E-state index contributed by atoms with van der Waals surface area (Å²) < 4.78 is 29.4. The number of nitrogens with zero attached hydrogens (tertiary/aromatic N) is 1. The van der Waals surface area contributed by atoms with E-state index in [0.29, 0.717) is 69.8 Å². The highest BCUT2D eigenvalue weighted by atomic mass is 16.6. The number of carbonyl (C=O) groups is 5. The third kappa shape index (κ3) is 12.0. The molecule has 5 unspecified atom stereocenters. The highest BCUT2D eigenvalue weighted by Crippen LogP contribution is 2.45. The number of hydrogen-bond acceptors (Lipinski definition) is 13. The fourth-order valence-electron chi connectivity index (χ4n) is 10.9. The SMILES string of the molecule is COC1CC2CC[C@@H](C)[C@@](O)(O2)C(=O)C(=O)N2CCC[C@@H]3C(C[C@@H]4CCC(O)[C@H](OC)C4)[C@H](CC(=O)C(C)/C=C(\C)[C@@H](O)[C@@H](OC)C(=O)[C@H](C)C[C@H](C)/C=C/C=C/C=C/1C)OC(=O)[C@H]32. The average molecular weight is 898 g/mol. The van der Waals surface area contributed by atoms with Crippen molar-refractivity contribution in [1.82, 2.24) is 4.90 Å². The average Bonchev–Trinajstić information content (AvgIpc) is 3.27. The molecule has 16 atom stereocenters. The lowest BCUT2D eigenvalue weighted by Crippen LogP contribution is -2.65. The Balaban J connectivity index is 1.51. The molecule has 14 nitrogen and oxygen atoms in total. The van der Waals surface area contributed by atoms with Gasteiger partial charge in [0.2, 0.25) is 5.79 Å². The lowest BCUT2D eigenvalue weighted by molar-refractivity contribution is -0.266. The minimum absolute atomic E-state index is 0.0231. The number of ketones is 3. The lowest BCUT2D eigenvalue weighted by Gasteiger charge is -2.50. The second kappa shape index (κ2) is 22.9. The molecule has 1 saturated carbocycles. The molecule has 0 aromatic rings. The zero-order chi connectivity index (χ0) is 47.0. The fraction of sp³-hybridized carbons (Fsp3) is 0.740. The van der Waals surface area contributed by atoms with Crippen LogP contribution in [0, 0.1) is 41.4 Å². The zero-order valence-electron chi connectivity index (χ0n) is 39.5. The van der Waals surface area contributed by atoms with E-state index in [1.54, 1.807) is 41.1 Å². The molecule has 5 aliphatic rings. The zero-order valence-corrected chi connectivity index (χ0v) is 39.5. The molecule has 4 bridgehead atoms. The Kier molecular flexibility index (Phi) is 18.5. The summed E-state index contributed by atoms with van der Waals surface area (Å²) in [5.74, 6) is -8.43. The van der Waals surface area contributed by atoms with Gasteiger partial charge < -0.3 is 43.9 Å².